The molecule has 0 aromatic heterocycles. The van der Waals surface area contributed by atoms with Gasteiger partial charge in [-0.1, -0.05) is 0 Å². The summed E-state index contributed by atoms with van der Waals surface area (Å²) in [5, 5.41) is 0. The number of hydrogen-bond acceptors (Lipinski definition) is 9. The van der Waals surface area contributed by atoms with Crippen LogP contribution in [0, 0.1) is 0 Å². The molecule has 0 N–H and O–H groups in total. The van der Waals surface area contributed by atoms with E-state index in [1.165, 1.54) is 0 Å². The molecule has 0 amide bonds. The summed E-state index contributed by atoms with van der Waals surface area (Å²) in [6.45, 7) is 0. The van der Waals surface area contributed by atoms with Crippen LogP contribution in [0.15, 0.2) is 0 Å². The first-order valence-electron chi connectivity index (χ1n) is 1.83. The van der Waals surface area contributed by atoms with Crippen LogP contribution >= 0.6 is 0 Å². The third kappa shape index (κ3) is 16.3. The summed E-state index contributed by atoms with van der Waals surface area (Å²) in [4.78, 5) is 0. The van der Waals surface area contributed by atoms with Crippen molar-refractivity contribution in [1.82, 2.24) is 0 Å². The molecule has 0 bridgehead atoms. The third-order valence-electron chi connectivity index (χ3n) is 0.278. The van der Waals surface area contributed by atoms with Crippen LogP contribution < -0.4 is 59.1 Å². The van der Waals surface area contributed by atoms with Gasteiger partial charge in [-0.3, -0.25) is 0 Å². The Morgan fingerprint density at radius 2 is 1.07 bits per heavy atom. The fraction of sp³-hybridized carbons (Fsp3) is 0. The van der Waals surface area contributed by atoms with Crippen molar-refractivity contribution < 1.29 is 96.5 Å². The van der Waals surface area contributed by atoms with E-state index in [0.29, 0.717) is 0 Å². The summed E-state index contributed by atoms with van der Waals surface area (Å²) in [5.74, 6) is 0. The van der Waals surface area contributed by atoms with Gasteiger partial charge in [0.05, 0.1) is 0 Å². The Morgan fingerprint density at radius 3 is 1.21 bits per heavy atom. The molecule has 0 radical (unpaired) electrons. The zero-order valence-corrected chi connectivity index (χ0v) is 13.3. The number of rotatable bonds is 4. The number of hydrogen-bond donors (Lipinski definition) is 0. The van der Waals surface area contributed by atoms with Gasteiger partial charge in [0.25, 0.3) is 0 Å². The second-order valence-corrected chi connectivity index (χ2v) is 4.29. The predicted molar refractivity (Wildman–Crippen MR) is 29.7 cm³/mol. The summed E-state index contributed by atoms with van der Waals surface area (Å²) in [6.07, 6.45) is 0. The van der Waals surface area contributed by atoms with Crippen molar-refractivity contribution in [3.05, 3.63) is 0 Å². The average molecular weight is 286 g/mol. The minimum Gasteiger partial charge on any atom is -0.725 e. The molecular formula is Na2O9S3. The Balaban J connectivity index is -0.000000605. The maximum Gasteiger partial charge on any atom is 1.00 e. The van der Waals surface area contributed by atoms with Crippen LogP contribution in [0.1, 0.15) is 0 Å². The van der Waals surface area contributed by atoms with Gasteiger partial charge in [-0.2, -0.15) is 11.5 Å². The maximum absolute atomic E-state index is 9.98. The van der Waals surface area contributed by atoms with Crippen molar-refractivity contribution in [2.75, 3.05) is 0 Å². The predicted octanol–water partition coefficient (Wildman–Crippen LogP) is -8.47. The van der Waals surface area contributed by atoms with Crippen molar-refractivity contribution in [2.45, 2.75) is 0 Å². The SMILES string of the molecule is O=S(OS(=O)(=O)[O-])OS(=O)(=O)[O-].[Na+].[Na+]. The molecular weight excluding hydrogens is 286 g/mol. The van der Waals surface area contributed by atoms with Crippen LogP contribution in [0.25, 0.3) is 0 Å². The molecule has 0 fully saturated rings. The summed E-state index contributed by atoms with van der Waals surface area (Å²) in [6, 6.07) is 0. The van der Waals surface area contributed by atoms with Gasteiger partial charge in [-0.15, -0.1) is 0 Å². The Hall–Kier alpha value is 1.89. The quantitative estimate of drug-likeness (QED) is 0.279. The second-order valence-electron chi connectivity index (χ2n) is 1.16. The van der Waals surface area contributed by atoms with Gasteiger partial charge in [0.1, 0.15) is 0 Å². The zero-order valence-electron chi connectivity index (χ0n) is 6.90. The van der Waals surface area contributed by atoms with Crippen LogP contribution in [0.3, 0.4) is 0 Å². The van der Waals surface area contributed by atoms with Crippen LogP contribution in [0.4, 0.5) is 0 Å². The first kappa shape index (κ1) is 21.2. The molecule has 0 saturated carbocycles. The Bertz CT molecular complexity index is 325. The van der Waals surface area contributed by atoms with Gasteiger partial charge in [0, 0.05) is 0 Å². The molecule has 0 aromatic rings. The van der Waals surface area contributed by atoms with E-state index in [4.69, 9.17) is 0 Å². The second kappa shape index (κ2) is 8.05. The minimum absolute atomic E-state index is 0. The van der Waals surface area contributed by atoms with Gasteiger partial charge in [0.2, 0.25) is 20.8 Å². The van der Waals surface area contributed by atoms with Crippen LogP contribution in [-0.2, 0) is 39.4 Å². The van der Waals surface area contributed by atoms with Gasteiger partial charge < -0.3 is 9.11 Å². The van der Waals surface area contributed by atoms with E-state index in [-0.39, 0.29) is 59.1 Å². The first-order chi connectivity index (χ1) is 5.10. The van der Waals surface area contributed by atoms with Crippen molar-refractivity contribution in [1.29, 1.82) is 0 Å². The standard InChI is InChI=1S/2Na.H2O9S3/c;;1-10(8-11(2,3)4)9-12(5,6)7/h;;(H,2,3,4)(H,5,6,7)/q2*+1;/p-2. The minimum atomic E-state index is -5.37. The molecule has 0 unspecified atom stereocenters. The van der Waals surface area contributed by atoms with Gasteiger partial charge in [0.15, 0.2) is 0 Å². The normalized spacial score (nSPS) is 11.6. The smallest absolute Gasteiger partial charge is 0.725 e. The summed E-state index contributed by atoms with van der Waals surface area (Å²) in [7, 11) is -10.7. The molecule has 0 aliphatic carbocycles. The fourth-order valence-corrected chi connectivity index (χ4v) is 1.53. The van der Waals surface area contributed by atoms with E-state index >= 15 is 0 Å². The van der Waals surface area contributed by atoms with E-state index < -0.39 is 32.2 Å². The molecule has 14 heteroatoms. The molecule has 0 spiro atoms. The van der Waals surface area contributed by atoms with Crippen LogP contribution in [0.5, 0.6) is 0 Å². The largest absolute Gasteiger partial charge is 1.00 e. The Kier molecular flexibility index (Phi) is 12.2. The molecule has 0 heterocycles. The van der Waals surface area contributed by atoms with Gasteiger partial charge in [-0.25, -0.2) is 16.8 Å². The van der Waals surface area contributed by atoms with Crippen molar-refractivity contribution in [2.24, 2.45) is 0 Å². The first-order valence-corrected chi connectivity index (χ1v) is 5.50. The van der Waals surface area contributed by atoms with Crippen molar-refractivity contribution in [3.8, 4) is 0 Å². The monoisotopic (exact) mass is 286 g/mol. The molecule has 0 aromatic carbocycles. The Labute approximate surface area is 127 Å². The van der Waals surface area contributed by atoms with Crippen molar-refractivity contribution >= 4 is 32.2 Å². The summed E-state index contributed by atoms with van der Waals surface area (Å²) < 4.78 is 73.3. The van der Waals surface area contributed by atoms with Crippen LogP contribution in [-0.4, -0.2) is 30.1 Å². The van der Waals surface area contributed by atoms with E-state index in [0.717, 1.165) is 0 Å². The molecule has 74 valence electrons. The molecule has 0 aliphatic heterocycles. The molecule has 9 nitrogen and oxygen atoms in total. The molecule has 0 saturated heterocycles. The molecule has 0 rings (SSSR count). The van der Waals surface area contributed by atoms with Gasteiger partial charge >= 0.3 is 70.5 Å². The van der Waals surface area contributed by atoms with Gasteiger partial charge in [-0.05, 0) is 0 Å². The maximum atomic E-state index is 9.98. The van der Waals surface area contributed by atoms with E-state index in [1.807, 2.05) is 0 Å². The van der Waals surface area contributed by atoms with Crippen LogP contribution in [0.2, 0.25) is 0 Å². The average Bonchev–Trinajstić information content (AvgIpc) is 1.49. The van der Waals surface area contributed by atoms with E-state index in [2.05, 4.69) is 7.26 Å². The Morgan fingerprint density at radius 1 is 0.857 bits per heavy atom. The topological polar surface area (TPSA) is 150 Å². The van der Waals surface area contributed by atoms with Crippen molar-refractivity contribution in [3.63, 3.8) is 0 Å². The molecule has 0 atom stereocenters. The fourth-order valence-electron chi connectivity index (χ4n) is 0.147. The van der Waals surface area contributed by atoms with E-state index in [1.54, 1.807) is 0 Å². The van der Waals surface area contributed by atoms with E-state index in [9.17, 15) is 30.1 Å². The molecule has 0 aliphatic rings. The summed E-state index contributed by atoms with van der Waals surface area (Å²) >= 11 is -3.46. The summed E-state index contributed by atoms with van der Waals surface area (Å²) in [5.41, 5.74) is 0. The third-order valence-corrected chi connectivity index (χ3v) is 2.50. The zero-order chi connectivity index (χ0) is 9.99. The molecule has 14 heavy (non-hydrogen) atoms.